The molecule has 19 heavy (non-hydrogen) atoms. The molecule has 1 unspecified atom stereocenters. The van der Waals surface area contributed by atoms with Gasteiger partial charge in [-0.2, -0.15) is 0 Å². The Labute approximate surface area is 122 Å². The molecule has 0 N–H and O–H groups in total. The highest BCUT2D eigenvalue weighted by Gasteiger charge is 2.30. The summed E-state index contributed by atoms with van der Waals surface area (Å²) in [4.78, 5) is 17.2. The van der Waals surface area contributed by atoms with E-state index in [9.17, 15) is 4.79 Å². The lowest BCUT2D eigenvalue weighted by molar-refractivity contribution is 0.0743. The lowest BCUT2D eigenvalue weighted by atomic mass is 10.1. The van der Waals surface area contributed by atoms with Crippen LogP contribution in [0.25, 0.3) is 0 Å². The number of amides is 1. The lowest BCUT2D eigenvalue weighted by Crippen LogP contribution is -2.39. The molecule has 0 spiro atoms. The Balaban J connectivity index is 1.75. The molecule has 2 fully saturated rings. The maximum absolute atomic E-state index is 12.6. The van der Waals surface area contributed by atoms with Gasteiger partial charge in [0, 0.05) is 35.7 Å². The van der Waals surface area contributed by atoms with Gasteiger partial charge in [0.15, 0.2) is 0 Å². The summed E-state index contributed by atoms with van der Waals surface area (Å²) in [5, 5.41) is 0. The first-order valence-corrected chi connectivity index (χ1v) is 7.82. The van der Waals surface area contributed by atoms with Gasteiger partial charge < -0.3 is 4.90 Å². The van der Waals surface area contributed by atoms with Crippen molar-refractivity contribution < 1.29 is 4.79 Å². The molecule has 3 nitrogen and oxygen atoms in total. The molecule has 1 atom stereocenters. The van der Waals surface area contributed by atoms with E-state index in [0.29, 0.717) is 6.04 Å². The van der Waals surface area contributed by atoms with Crippen LogP contribution >= 0.6 is 15.9 Å². The van der Waals surface area contributed by atoms with Gasteiger partial charge in [0.1, 0.15) is 0 Å². The maximum Gasteiger partial charge on any atom is 0.253 e. The molecule has 0 radical (unpaired) electrons. The molecule has 2 aliphatic heterocycles. The van der Waals surface area contributed by atoms with E-state index >= 15 is 0 Å². The van der Waals surface area contributed by atoms with Gasteiger partial charge in [0.05, 0.1) is 0 Å². The normalized spacial score (nSPS) is 24.1. The van der Waals surface area contributed by atoms with Gasteiger partial charge in [0.25, 0.3) is 5.91 Å². The first-order chi connectivity index (χ1) is 9.24. The van der Waals surface area contributed by atoms with Crippen LogP contribution in [-0.2, 0) is 0 Å². The smallest absolute Gasteiger partial charge is 0.253 e. The van der Waals surface area contributed by atoms with Gasteiger partial charge in [-0.25, -0.2) is 0 Å². The van der Waals surface area contributed by atoms with Crippen molar-refractivity contribution in [2.75, 3.05) is 26.2 Å². The number of benzene rings is 1. The summed E-state index contributed by atoms with van der Waals surface area (Å²) in [5.41, 5.74) is 0.792. The summed E-state index contributed by atoms with van der Waals surface area (Å²) in [7, 11) is 0. The monoisotopic (exact) mass is 322 g/mol. The zero-order valence-electron chi connectivity index (χ0n) is 11.0. The fraction of sp³-hybridized carbons (Fsp3) is 0.533. The number of fused-ring (bicyclic) bond motifs is 1. The number of hydrogen-bond donors (Lipinski definition) is 0. The van der Waals surface area contributed by atoms with Crippen LogP contribution in [0.3, 0.4) is 0 Å². The van der Waals surface area contributed by atoms with Crippen molar-refractivity contribution in [3.63, 3.8) is 0 Å². The number of nitrogens with zero attached hydrogens (tertiary/aromatic N) is 2. The number of halogens is 1. The van der Waals surface area contributed by atoms with Crippen LogP contribution < -0.4 is 0 Å². The fourth-order valence-electron chi connectivity index (χ4n) is 3.20. The molecule has 1 amide bonds. The zero-order chi connectivity index (χ0) is 13.2. The lowest BCUT2D eigenvalue weighted by Gasteiger charge is -2.25. The van der Waals surface area contributed by atoms with Gasteiger partial charge >= 0.3 is 0 Å². The quantitative estimate of drug-likeness (QED) is 0.793. The van der Waals surface area contributed by atoms with Gasteiger partial charge in [0.2, 0.25) is 0 Å². The summed E-state index contributed by atoms with van der Waals surface area (Å²) in [6.45, 7) is 4.14. The van der Waals surface area contributed by atoms with Crippen molar-refractivity contribution in [3.8, 4) is 0 Å². The predicted octanol–water partition coefficient (Wildman–Crippen LogP) is 2.76. The van der Waals surface area contributed by atoms with Crippen LogP contribution in [0.2, 0.25) is 0 Å². The number of carbonyl (C=O) groups is 1. The van der Waals surface area contributed by atoms with E-state index in [1.165, 1.54) is 19.4 Å². The first-order valence-electron chi connectivity index (χ1n) is 7.03. The van der Waals surface area contributed by atoms with Gasteiger partial charge in [-0.05, 0) is 44.0 Å². The van der Waals surface area contributed by atoms with Crippen LogP contribution in [0.4, 0.5) is 0 Å². The minimum absolute atomic E-state index is 0.176. The molecule has 0 bridgehead atoms. The van der Waals surface area contributed by atoms with Crippen LogP contribution in [0.15, 0.2) is 28.7 Å². The Kier molecular flexibility index (Phi) is 3.89. The second kappa shape index (κ2) is 5.63. The van der Waals surface area contributed by atoms with Gasteiger partial charge in [-0.15, -0.1) is 0 Å². The number of carbonyl (C=O) groups excluding carboxylic acids is 1. The van der Waals surface area contributed by atoms with E-state index in [4.69, 9.17) is 0 Å². The molecule has 0 aliphatic carbocycles. The third-order valence-electron chi connectivity index (χ3n) is 4.16. The zero-order valence-corrected chi connectivity index (χ0v) is 12.6. The summed E-state index contributed by atoms with van der Waals surface area (Å²) >= 11 is 3.44. The van der Waals surface area contributed by atoms with Crippen molar-refractivity contribution >= 4 is 21.8 Å². The summed E-state index contributed by atoms with van der Waals surface area (Å²) < 4.78 is 0.968. The molecule has 102 valence electrons. The molecule has 2 saturated heterocycles. The second-order valence-electron chi connectivity index (χ2n) is 5.45. The summed E-state index contributed by atoms with van der Waals surface area (Å²) in [6, 6.07) is 8.29. The van der Waals surface area contributed by atoms with E-state index in [-0.39, 0.29) is 5.91 Å². The van der Waals surface area contributed by atoms with Crippen molar-refractivity contribution in [1.29, 1.82) is 0 Å². The SMILES string of the molecule is O=C(c1cccc(Br)c1)N1CCCN2CCCC2C1. The van der Waals surface area contributed by atoms with Crippen LogP contribution in [0.1, 0.15) is 29.6 Å². The molecule has 0 saturated carbocycles. The van der Waals surface area contributed by atoms with Crippen molar-refractivity contribution in [1.82, 2.24) is 9.80 Å². The largest absolute Gasteiger partial charge is 0.337 e. The fourth-order valence-corrected chi connectivity index (χ4v) is 3.59. The van der Waals surface area contributed by atoms with E-state index in [1.54, 1.807) is 0 Å². The molecule has 4 heteroatoms. The molecule has 3 rings (SSSR count). The molecular weight excluding hydrogens is 304 g/mol. The Morgan fingerprint density at radius 2 is 2.05 bits per heavy atom. The highest BCUT2D eigenvalue weighted by molar-refractivity contribution is 9.10. The molecule has 1 aromatic carbocycles. The van der Waals surface area contributed by atoms with Crippen LogP contribution in [-0.4, -0.2) is 47.9 Å². The average molecular weight is 323 g/mol. The predicted molar refractivity (Wildman–Crippen MR) is 79.3 cm³/mol. The Bertz CT molecular complexity index is 477. The van der Waals surface area contributed by atoms with Gasteiger partial charge in [-0.3, -0.25) is 9.69 Å². The summed E-state index contributed by atoms with van der Waals surface area (Å²) in [5.74, 6) is 0.176. The van der Waals surface area contributed by atoms with E-state index in [2.05, 4.69) is 20.8 Å². The Morgan fingerprint density at radius 3 is 2.89 bits per heavy atom. The van der Waals surface area contributed by atoms with Crippen molar-refractivity contribution in [2.24, 2.45) is 0 Å². The third kappa shape index (κ3) is 2.84. The van der Waals surface area contributed by atoms with E-state index < -0.39 is 0 Å². The van der Waals surface area contributed by atoms with Crippen LogP contribution in [0.5, 0.6) is 0 Å². The van der Waals surface area contributed by atoms with Crippen molar-refractivity contribution in [2.45, 2.75) is 25.3 Å². The highest BCUT2D eigenvalue weighted by atomic mass is 79.9. The van der Waals surface area contributed by atoms with E-state index in [1.807, 2.05) is 29.2 Å². The number of rotatable bonds is 1. The standard InChI is InChI=1S/C15H19BrN2O/c16-13-5-1-4-12(10-13)15(19)18-9-3-8-17-7-2-6-14(17)11-18/h1,4-5,10,14H,2-3,6-9,11H2. The Morgan fingerprint density at radius 1 is 1.21 bits per heavy atom. The maximum atomic E-state index is 12.6. The first kappa shape index (κ1) is 13.1. The highest BCUT2D eigenvalue weighted by Crippen LogP contribution is 2.22. The van der Waals surface area contributed by atoms with Crippen LogP contribution in [0, 0.1) is 0 Å². The van der Waals surface area contributed by atoms with E-state index in [0.717, 1.165) is 36.1 Å². The second-order valence-corrected chi connectivity index (χ2v) is 6.36. The third-order valence-corrected chi connectivity index (χ3v) is 4.66. The summed E-state index contributed by atoms with van der Waals surface area (Å²) in [6.07, 6.45) is 3.61. The molecule has 2 aliphatic rings. The molecular formula is C15H19BrN2O. The van der Waals surface area contributed by atoms with Gasteiger partial charge in [-0.1, -0.05) is 22.0 Å². The number of hydrogen-bond acceptors (Lipinski definition) is 2. The topological polar surface area (TPSA) is 23.6 Å². The molecule has 1 aromatic rings. The average Bonchev–Trinajstić information content (AvgIpc) is 2.75. The molecule has 2 heterocycles. The minimum Gasteiger partial charge on any atom is -0.337 e. The Hall–Kier alpha value is -0.870. The molecule has 0 aromatic heterocycles. The minimum atomic E-state index is 0.176. The van der Waals surface area contributed by atoms with Crippen molar-refractivity contribution in [3.05, 3.63) is 34.3 Å².